The minimum atomic E-state index is -4.81. The zero-order valence-electron chi connectivity index (χ0n) is 22.5. The summed E-state index contributed by atoms with van der Waals surface area (Å²) in [4.78, 5) is 17.5. The molecule has 0 aromatic heterocycles. The van der Waals surface area contributed by atoms with Gasteiger partial charge in [-0.2, -0.15) is 0 Å². The van der Waals surface area contributed by atoms with E-state index in [9.17, 15) is 18.0 Å². The summed E-state index contributed by atoms with van der Waals surface area (Å²) in [5, 5.41) is 2.28. The number of aryl methyl sites for hydroxylation is 2. The highest BCUT2D eigenvalue weighted by Crippen LogP contribution is 2.34. The lowest BCUT2D eigenvalue weighted by Gasteiger charge is -2.26. The average Bonchev–Trinajstić information content (AvgIpc) is 3.45. The summed E-state index contributed by atoms with van der Waals surface area (Å²) >= 11 is 0. The van der Waals surface area contributed by atoms with E-state index in [4.69, 9.17) is 0 Å². The Hall–Kier alpha value is -3.91. The van der Waals surface area contributed by atoms with Crippen LogP contribution in [0.3, 0.4) is 0 Å². The van der Waals surface area contributed by atoms with Crippen molar-refractivity contribution >= 4 is 16.7 Å². The third-order valence-electron chi connectivity index (χ3n) is 8.09. The van der Waals surface area contributed by atoms with E-state index in [0.29, 0.717) is 18.7 Å². The molecule has 4 aromatic rings. The number of benzene rings is 4. The molecule has 6 rings (SSSR count). The highest BCUT2D eigenvalue weighted by Gasteiger charge is 2.31. The summed E-state index contributed by atoms with van der Waals surface area (Å²) in [5.41, 5.74) is 5.01. The lowest BCUT2D eigenvalue weighted by Crippen LogP contribution is -2.37. The van der Waals surface area contributed by atoms with Crippen molar-refractivity contribution in [3.05, 3.63) is 101 Å². The monoisotopic (exact) mass is 562 g/mol. The zero-order chi connectivity index (χ0) is 28.6. The van der Waals surface area contributed by atoms with Crippen molar-refractivity contribution in [3.8, 4) is 16.9 Å². The third-order valence-corrected chi connectivity index (χ3v) is 8.09. The van der Waals surface area contributed by atoms with Crippen molar-refractivity contribution in [3.63, 3.8) is 0 Å². The van der Waals surface area contributed by atoms with Gasteiger partial charge in [0.25, 0.3) is 5.91 Å². The fourth-order valence-electron chi connectivity index (χ4n) is 5.83. The first-order chi connectivity index (χ1) is 19.7. The molecule has 0 saturated carbocycles. The van der Waals surface area contributed by atoms with Crippen LogP contribution in [0.5, 0.6) is 5.75 Å². The number of alkyl halides is 3. The van der Waals surface area contributed by atoms with Crippen LogP contribution in [0.1, 0.15) is 39.9 Å². The van der Waals surface area contributed by atoms with Crippen LogP contribution in [-0.4, -0.2) is 48.2 Å². The maximum absolute atomic E-state index is 15.1. The van der Waals surface area contributed by atoms with Crippen LogP contribution in [0.25, 0.3) is 21.9 Å². The molecule has 1 saturated heterocycles. The van der Waals surface area contributed by atoms with Crippen molar-refractivity contribution in [2.75, 3.05) is 26.2 Å². The molecular weight excluding hydrogens is 532 g/mol. The second kappa shape index (κ2) is 11.2. The molecule has 0 N–H and O–H groups in total. The number of hydrogen-bond acceptors (Lipinski definition) is 3. The number of halogens is 4. The molecule has 0 radical (unpaired) electrons. The molecule has 8 heteroatoms. The van der Waals surface area contributed by atoms with Crippen LogP contribution >= 0.6 is 0 Å². The van der Waals surface area contributed by atoms with Crippen LogP contribution in [0.15, 0.2) is 72.8 Å². The van der Waals surface area contributed by atoms with Gasteiger partial charge in [0.1, 0.15) is 11.6 Å². The maximum Gasteiger partial charge on any atom is 0.573 e. The minimum Gasteiger partial charge on any atom is -0.406 e. The summed E-state index contributed by atoms with van der Waals surface area (Å²) in [7, 11) is 0. The molecule has 212 valence electrons. The first-order valence-electron chi connectivity index (χ1n) is 13.9. The van der Waals surface area contributed by atoms with Crippen molar-refractivity contribution in [2.45, 2.75) is 38.6 Å². The molecule has 1 aliphatic heterocycles. The number of likely N-dealkylation sites (tertiary alicyclic amines) is 1. The Labute approximate surface area is 236 Å². The molecule has 4 nitrogen and oxygen atoms in total. The van der Waals surface area contributed by atoms with Crippen molar-refractivity contribution in [1.82, 2.24) is 9.80 Å². The lowest BCUT2D eigenvalue weighted by atomic mass is 9.84. The SMILES string of the molecule is O=C(c1ccc(OC(F)(F)F)cc1)N(CCN1CCCC1)Cc1ccc(F)c(-c2ccc3c4c(ccc3c2)CC4)c1. The van der Waals surface area contributed by atoms with Crippen molar-refractivity contribution < 1.29 is 27.1 Å². The van der Waals surface area contributed by atoms with Gasteiger partial charge in [-0.05, 0) is 114 Å². The largest absolute Gasteiger partial charge is 0.573 e. The van der Waals surface area contributed by atoms with E-state index >= 15 is 4.39 Å². The number of rotatable bonds is 8. The number of amides is 1. The number of hydrogen-bond donors (Lipinski definition) is 0. The minimum absolute atomic E-state index is 0.238. The molecule has 0 bridgehead atoms. The van der Waals surface area contributed by atoms with Crippen LogP contribution in [0.2, 0.25) is 0 Å². The molecule has 0 spiro atoms. The van der Waals surface area contributed by atoms with E-state index in [-0.39, 0.29) is 29.6 Å². The predicted molar refractivity (Wildman–Crippen MR) is 150 cm³/mol. The number of ether oxygens (including phenoxy) is 1. The lowest BCUT2D eigenvalue weighted by molar-refractivity contribution is -0.274. The highest BCUT2D eigenvalue weighted by atomic mass is 19.4. The van der Waals surface area contributed by atoms with Crippen molar-refractivity contribution in [1.29, 1.82) is 0 Å². The maximum atomic E-state index is 15.1. The second-order valence-corrected chi connectivity index (χ2v) is 10.8. The van der Waals surface area contributed by atoms with Gasteiger partial charge in [-0.1, -0.05) is 30.3 Å². The van der Waals surface area contributed by atoms with Gasteiger partial charge in [0.05, 0.1) is 0 Å². The molecule has 1 aliphatic carbocycles. The van der Waals surface area contributed by atoms with Crippen molar-refractivity contribution in [2.24, 2.45) is 0 Å². The van der Waals surface area contributed by atoms with Gasteiger partial charge in [0, 0.05) is 30.8 Å². The van der Waals surface area contributed by atoms with E-state index in [1.54, 1.807) is 17.0 Å². The molecule has 2 aliphatic rings. The van der Waals surface area contributed by atoms with Gasteiger partial charge >= 0.3 is 6.36 Å². The number of fused-ring (bicyclic) bond motifs is 3. The second-order valence-electron chi connectivity index (χ2n) is 10.8. The Morgan fingerprint density at radius 1 is 0.902 bits per heavy atom. The Balaban J connectivity index is 1.25. The Morgan fingerprint density at radius 3 is 2.39 bits per heavy atom. The van der Waals surface area contributed by atoms with Crippen LogP contribution in [0.4, 0.5) is 17.6 Å². The summed E-state index contributed by atoms with van der Waals surface area (Å²) in [5.74, 6) is -1.03. The van der Waals surface area contributed by atoms with Gasteiger partial charge in [-0.25, -0.2) is 4.39 Å². The fourth-order valence-corrected chi connectivity index (χ4v) is 5.83. The normalized spacial score (nSPS) is 15.0. The summed E-state index contributed by atoms with van der Waals surface area (Å²) in [6.07, 6.45) is -0.411. The zero-order valence-corrected chi connectivity index (χ0v) is 22.5. The predicted octanol–water partition coefficient (Wildman–Crippen LogP) is 7.38. The fraction of sp³-hybridized carbons (Fsp3) is 0.303. The molecule has 0 unspecified atom stereocenters. The summed E-state index contributed by atoms with van der Waals surface area (Å²) in [6, 6.07) is 20.1. The van der Waals surface area contributed by atoms with Gasteiger partial charge in [-0.3, -0.25) is 4.79 Å². The quantitative estimate of drug-likeness (QED) is 0.210. The molecular formula is C33H30F4N2O2. The van der Waals surface area contributed by atoms with Gasteiger partial charge in [-0.15, -0.1) is 13.2 Å². The van der Waals surface area contributed by atoms with Gasteiger partial charge in [0.2, 0.25) is 0 Å². The van der Waals surface area contributed by atoms with Gasteiger partial charge in [0.15, 0.2) is 0 Å². The molecule has 1 fully saturated rings. The van der Waals surface area contributed by atoms with Gasteiger partial charge < -0.3 is 14.5 Å². The molecule has 0 atom stereocenters. The van der Waals surface area contributed by atoms with E-state index < -0.39 is 6.36 Å². The van der Waals surface area contributed by atoms with Crippen LogP contribution in [-0.2, 0) is 19.4 Å². The average molecular weight is 563 g/mol. The number of nitrogens with zero attached hydrogens (tertiary/aromatic N) is 2. The molecule has 41 heavy (non-hydrogen) atoms. The van der Waals surface area contributed by atoms with E-state index in [2.05, 4.69) is 27.8 Å². The summed E-state index contributed by atoms with van der Waals surface area (Å²) < 4.78 is 56.8. The van der Waals surface area contributed by atoms with E-state index in [0.717, 1.165) is 67.4 Å². The number of carbonyl (C=O) groups is 1. The van der Waals surface area contributed by atoms with E-state index in [1.165, 1.54) is 34.7 Å². The number of carbonyl (C=O) groups excluding carboxylic acids is 1. The first-order valence-corrected chi connectivity index (χ1v) is 13.9. The van der Waals surface area contributed by atoms with Crippen LogP contribution < -0.4 is 4.74 Å². The van der Waals surface area contributed by atoms with E-state index in [1.807, 2.05) is 12.1 Å². The topological polar surface area (TPSA) is 32.8 Å². The Morgan fingerprint density at radius 2 is 1.68 bits per heavy atom. The molecule has 1 heterocycles. The standard InChI is InChI=1S/C33H30F4N2O2/c34-31-14-3-22(19-30(31)26-9-13-29-25(20-26)5-4-23-8-12-28(23)29)21-39(18-17-38-15-1-2-16-38)32(40)24-6-10-27(11-7-24)41-33(35,36)37/h3-7,9-11,13-14,19-20H,1-2,8,12,15-18,21H2. The Kier molecular flexibility index (Phi) is 7.43. The molecule has 1 amide bonds. The van der Waals surface area contributed by atoms with Crippen LogP contribution in [0, 0.1) is 5.82 Å². The Bertz CT molecular complexity index is 1580. The smallest absolute Gasteiger partial charge is 0.406 e. The highest BCUT2D eigenvalue weighted by molar-refractivity contribution is 5.94. The molecule has 4 aromatic carbocycles. The summed E-state index contributed by atoms with van der Waals surface area (Å²) in [6.45, 7) is 3.30. The first kappa shape index (κ1) is 27.3. The third kappa shape index (κ3) is 6.07.